The van der Waals surface area contributed by atoms with Crippen LogP contribution in [-0.4, -0.2) is 23.4 Å². The van der Waals surface area contributed by atoms with Crippen molar-refractivity contribution in [3.63, 3.8) is 0 Å². The zero-order valence-electron chi connectivity index (χ0n) is 9.96. The zero-order chi connectivity index (χ0) is 11.4. The van der Waals surface area contributed by atoms with Crippen molar-refractivity contribution in [2.45, 2.75) is 44.6 Å². The summed E-state index contributed by atoms with van der Waals surface area (Å²) in [7, 11) is 1.93. The molecule has 0 aliphatic heterocycles. The molecule has 1 heterocycles. The van der Waals surface area contributed by atoms with Crippen LogP contribution in [-0.2, 0) is 6.42 Å². The van der Waals surface area contributed by atoms with E-state index in [1.54, 1.807) is 6.07 Å². The zero-order valence-corrected chi connectivity index (χ0v) is 9.96. The van der Waals surface area contributed by atoms with Gasteiger partial charge in [-0.2, -0.15) is 0 Å². The minimum absolute atomic E-state index is 0.137. The van der Waals surface area contributed by atoms with Gasteiger partial charge < -0.3 is 5.32 Å². The Balaban J connectivity index is 2.08. The second-order valence-electron chi connectivity index (χ2n) is 4.64. The molecule has 1 aliphatic carbocycles. The van der Waals surface area contributed by atoms with Crippen molar-refractivity contribution in [1.82, 2.24) is 15.1 Å². The molecule has 0 radical (unpaired) electrons. The van der Waals surface area contributed by atoms with Gasteiger partial charge in [-0.05, 0) is 19.9 Å². The van der Waals surface area contributed by atoms with E-state index in [2.05, 4.69) is 10.4 Å². The standard InChI is InChI=1S/C12H21N3O/c1-13-8-7-10-9-12(16)15(14-10)11-5-3-2-4-6-11/h9,11,13-14H,2-8H2,1H3. The summed E-state index contributed by atoms with van der Waals surface area (Å²) in [6.45, 7) is 0.907. The van der Waals surface area contributed by atoms with Crippen molar-refractivity contribution >= 4 is 0 Å². The molecule has 0 bridgehead atoms. The number of nitrogens with one attached hydrogen (secondary N) is 2. The van der Waals surface area contributed by atoms with E-state index in [4.69, 9.17) is 0 Å². The molecule has 16 heavy (non-hydrogen) atoms. The van der Waals surface area contributed by atoms with Gasteiger partial charge in [0.05, 0.1) is 6.04 Å². The highest BCUT2D eigenvalue weighted by Crippen LogP contribution is 2.26. The second kappa shape index (κ2) is 5.34. The third-order valence-electron chi connectivity index (χ3n) is 3.38. The van der Waals surface area contributed by atoms with Crippen molar-refractivity contribution in [1.29, 1.82) is 0 Å². The molecule has 1 fully saturated rings. The molecule has 0 amide bonds. The van der Waals surface area contributed by atoms with Gasteiger partial charge in [-0.1, -0.05) is 19.3 Å². The topological polar surface area (TPSA) is 49.8 Å². The largest absolute Gasteiger partial charge is 0.319 e. The van der Waals surface area contributed by atoms with E-state index in [1.165, 1.54) is 19.3 Å². The summed E-state index contributed by atoms with van der Waals surface area (Å²) in [6, 6.07) is 2.15. The maximum Gasteiger partial charge on any atom is 0.266 e. The van der Waals surface area contributed by atoms with E-state index in [9.17, 15) is 4.79 Å². The van der Waals surface area contributed by atoms with Crippen molar-refractivity contribution in [2.24, 2.45) is 0 Å². The van der Waals surface area contributed by atoms with Gasteiger partial charge in [0.1, 0.15) is 0 Å². The molecule has 0 spiro atoms. The molecule has 1 aliphatic rings. The number of hydrogen-bond acceptors (Lipinski definition) is 2. The average molecular weight is 223 g/mol. The second-order valence-corrected chi connectivity index (χ2v) is 4.64. The lowest BCUT2D eigenvalue weighted by Gasteiger charge is -2.21. The first-order chi connectivity index (χ1) is 7.81. The molecule has 0 atom stereocenters. The molecule has 4 heteroatoms. The first-order valence-corrected chi connectivity index (χ1v) is 6.26. The van der Waals surface area contributed by atoms with Crippen LogP contribution in [0.4, 0.5) is 0 Å². The van der Waals surface area contributed by atoms with Gasteiger partial charge in [0, 0.05) is 24.7 Å². The lowest BCUT2D eigenvalue weighted by atomic mass is 9.96. The smallest absolute Gasteiger partial charge is 0.266 e. The van der Waals surface area contributed by atoms with Crippen LogP contribution in [0.2, 0.25) is 0 Å². The van der Waals surface area contributed by atoms with E-state index in [0.717, 1.165) is 31.5 Å². The van der Waals surface area contributed by atoms with Crippen LogP contribution in [0, 0.1) is 0 Å². The van der Waals surface area contributed by atoms with Gasteiger partial charge in [0.2, 0.25) is 0 Å². The Bertz CT molecular complexity index is 374. The number of nitrogens with zero attached hydrogens (tertiary/aromatic N) is 1. The van der Waals surface area contributed by atoms with Crippen LogP contribution in [0.5, 0.6) is 0 Å². The van der Waals surface area contributed by atoms with E-state index >= 15 is 0 Å². The lowest BCUT2D eigenvalue weighted by molar-refractivity contribution is 0.322. The lowest BCUT2D eigenvalue weighted by Crippen LogP contribution is -2.23. The number of hydrogen-bond donors (Lipinski definition) is 2. The van der Waals surface area contributed by atoms with Gasteiger partial charge in [-0.25, -0.2) is 4.68 Å². The number of H-pyrrole nitrogens is 1. The third-order valence-corrected chi connectivity index (χ3v) is 3.38. The molecule has 2 rings (SSSR count). The van der Waals surface area contributed by atoms with Gasteiger partial charge in [0.15, 0.2) is 0 Å². The van der Waals surface area contributed by atoms with Gasteiger partial charge in [0.25, 0.3) is 5.56 Å². The Labute approximate surface area is 96.0 Å². The quantitative estimate of drug-likeness (QED) is 0.811. The fourth-order valence-corrected chi connectivity index (χ4v) is 2.46. The van der Waals surface area contributed by atoms with Crippen LogP contribution in [0.1, 0.15) is 43.8 Å². The summed E-state index contributed by atoms with van der Waals surface area (Å²) in [5, 5.41) is 6.34. The highest BCUT2D eigenvalue weighted by Gasteiger charge is 2.17. The summed E-state index contributed by atoms with van der Waals surface area (Å²) < 4.78 is 1.84. The Morgan fingerprint density at radius 2 is 2.19 bits per heavy atom. The van der Waals surface area contributed by atoms with Crippen molar-refractivity contribution in [2.75, 3.05) is 13.6 Å². The molecular formula is C12H21N3O. The summed E-state index contributed by atoms with van der Waals surface area (Å²) in [5.74, 6) is 0. The Hall–Kier alpha value is -1.03. The van der Waals surface area contributed by atoms with Gasteiger partial charge in [-0.15, -0.1) is 0 Å². The van der Waals surface area contributed by atoms with Crippen molar-refractivity contribution in [3.8, 4) is 0 Å². The fraction of sp³-hybridized carbons (Fsp3) is 0.750. The first kappa shape index (κ1) is 11.5. The maximum absolute atomic E-state index is 11.8. The van der Waals surface area contributed by atoms with E-state index in [1.807, 2.05) is 11.7 Å². The molecular weight excluding hydrogens is 202 g/mol. The van der Waals surface area contributed by atoms with Gasteiger partial charge in [-0.3, -0.25) is 9.89 Å². The highest BCUT2D eigenvalue weighted by molar-refractivity contribution is 5.01. The molecule has 0 saturated heterocycles. The number of likely N-dealkylation sites (N-methyl/N-ethyl adjacent to an activating group) is 1. The molecule has 1 saturated carbocycles. The Morgan fingerprint density at radius 1 is 1.44 bits per heavy atom. The van der Waals surface area contributed by atoms with Crippen molar-refractivity contribution in [3.05, 3.63) is 22.1 Å². The van der Waals surface area contributed by atoms with Crippen molar-refractivity contribution < 1.29 is 0 Å². The number of aromatic nitrogens is 2. The normalized spacial score (nSPS) is 17.8. The average Bonchev–Trinajstić information content (AvgIpc) is 2.69. The summed E-state index contributed by atoms with van der Waals surface area (Å²) in [5.41, 5.74) is 1.18. The number of rotatable bonds is 4. The first-order valence-electron chi connectivity index (χ1n) is 6.26. The summed E-state index contributed by atoms with van der Waals surface area (Å²) in [6.07, 6.45) is 7.01. The third kappa shape index (κ3) is 2.55. The number of aromatic amines is 1. The molecule has 0 unspecified atom stereocenters. The van der Waals surface area contributed by atoms with E-state index < -0.39 is 0 Å². The predicted molar refractivity (Wildman–Crippen MR) is 64.8 cm³/mol. The molecule has 90 valence electrons. The van der Waals surface area contributed by atoms with E-state index in [0.29, 0.717) is 6.04 Å². The van der Waals surface area contributed by atoms with Gasteiger partial charge >= 0.3 is 0 Å². The van der Waals surface area contributed by atoms with Crippen LogP contribution >= 0.6 is 0 Å². The van der Waals surface area contributed by atoms with Crippen LogP contribution in [0.3, 0.4) is 0 Å². The van der Waals surface area contributed by atoms with E-state index in [-0.39, 0.29) is 5.56 Å². The highest BCUT2D eigenvalue weighted by atomic mass is 16.1. The van der Waals surface area contributed by atoms with Crippen LogP contribution < -0.4 is 10.9 Å². The molecule has 1 aromatic rings. The SMILES string of the molecule is CNCCc1cc(=O)n(C2CCCCC2)[nH]1. The maximum atomic E-state index is 11.8. The molecule has 4 nitrogen and oxygen atoms in total. The Kier molecular flexibility index (Phi) is 3.83. The summed E-state index contributed by atoms with van der Waals surface area (Å²) in [4.78, 5) is 11.8. The minimum atomic E-state index is 0.137. The predicted octanol–water partition coefficient (Wildman–Crippen LogP) is 1.44. The van der Waals surface area contributed by atoms with Crippen LogP contribution in [0.25, 0.3) is 0 Å². The Morgan fingerprint density at radius 3 is 2.88 bits per heavy atom. The molecule has 2 N–H and O–H groups in total. The molecule has 1 aromatic heterocycles. The molecule has 0 aromatic carbocycles. The minimum Gasteiger partial charge on any atom is -0.319 e. The monoisotopic (exact) mass is 223 g/mol. The summed E-state index contributed by atoms with van der Waals surface area (Å²) >= 11 is 0. The van der Waals surface area contributed by atoms with Crippen LogP contribution in [0.15, 0.2) is 10.9 Å². The fourth-order valence-electron chi connectivity index (χ4n) is 2.46.